The van der Waals surface area contributed by atoms with Crippen molar-refractivity contribution in [2.75, 3.05) is 0 Å². The van der Waals surface area contributed by atoms with E-state index in [4.69, 9.17) is 5.11 Å². The van der Waals surface area contributed by atoms with Crippen molar-refractivity contribution in [3.63, 3.8) is 0 Å². The normalized spacial score (nSPS) is 25.9. The Bertz CT molecular complexity index is 497. The third kappa shape index (κ3) is 2.98. The SMILES string of the molecule is Cl.O=C(O)C1CC1c1ccc(C2CCCCC2)c(F)c1. The molecule has 110 valence electrons. The Balaban J connectivity index is 0.00000147. The van der Waals surface area contributed by atoms with Crippen LogP contribution in [0.3, 0.4) is 0 Å². The molecule has 0 saturated heterocycles. The first-order chi connectivity index (χ1) is 9.16. The molecule has 3 rings (SSSR count). The van der Waals surface area contributed by atoms with E-state index < -0.39 is 5.97 Å². The molecule has 2 aliphatic carbocycles. The van der Waals surface area contributed by atoms with Crippen LogP contribution >= 0.6 is 12.4 Å². The largest absolute Gasteiger partial charge is 0.481 e. The predicted octanol–water partition coefficient (Wildman–Crippen LogP) is 4.48. The van der Waals surface area contributed by atoms with Crippen LogP contribution in [0, 0.1) is 11.7 Å². The molecular formula is C16H20ClFO2. The van der Waals surface area contributed by atoms with Crippen molar-refractivity contribution in [2.24, 2.45) is 5.92 Å². The van der Waals surface area contributed by atoms with Gasteiger partial charge in [-0.15, -0.1) is 12.4 Å². The Morgan fingerprint density at radius 3 is 2.45 bits per heavy atom. The summed E-state index contributed by atoms with van der Waals surface area (Å²) in [6, 6.07) is 5.38. The molecule has 2 aliphatic rings. The van der Waals surface area contributed by atoms with Crippen LogP contribution in [0.15, 0.2) is 18.2 Å². The van der Waals surface area contributed by atoms with E-state index in [0.29, 0.717) is 12.3 Å². The minimum atomic E-state index is -0.762. The van der Waals surface area contributed by atoms with Gasteiger partial charge in [-0.05, 0) is 48.3 Å². The highest BCUT2D eigenvalue weighted by Crippen LogP contribution is 2.48. The summed E-state index contributed by atoms with van der Waals surface area (Å²) in [6.07, 6.45) is 6.45. The quantitative estimate of drug-likeness (QED) is 0.893. The summed E-state index contributed by atoms with van der Waals surface area (Å²) in [4.78, 5) is 10.9. The highest BCUT2D eigenvalue weighted by molar-refractivity contribution is 5.85. The average Bonchev–Trinajstić information content (AvgIpc) is 3.20. The first-order valence-corrected chi connectivity index (χ1v) is 7.19. The van der Waals surface area contributed by atoms with Crippen LogP contribution < -0.4 is 0 Å². The summed E-state index contributed by atoms with van der Waals surface area (Å²) >= 11 is 0. The minimum absolute atomic E-state index is 0. The van der Waals surface area contributed by atoms with E-state index in [1.807, 2.05) is 12.1 Å². The molecule has 1 N–H and O–H groups in total. The monoisotopic (exact) mass is 298 g/mol. The van der Waals surface area contributed by atoms with Crippen molar-refractivity contribution in [2.45, 2.75) is 50.4 Å². The molecule has 2 fully saturated rings. The molecule has 0 aliphatic heterocycles. The third-order valence-electron chi connectivity index (χ3n) is 4.61. The molecule has 0 radical (unpaired) electrons. The van der Waals surface area contributed by atoms with Crippen LogP contribution in [0.4, 0.5) is 4.39 Å². The van der Waals surface area contributed by atoms with E-state index in [2.05, 4.69) is 0 Å². The standard InChI is InChI=1S/C16H19FO2.ClH/c17-15-8-11(13-9-14(13)16(18)19)6-7-12(15)10-4-2-1-3-5-10;/h6-8,10,13-14H,1-5,9H2,(H,18,19);1H. The van der Waals surface area contributed by atoms with Crippen molar-refractivity contribution < 1.29 is 14.3 Å². The highest BCUT2D eigenvalue weighted by Gasteiger charge is 2.44. The van der Waals surface area contributed by atoms with Gasteiger partial charge in [-0.2, -0.15) is 0 Å². The molecule has 1 aromatic carbocycles. The summed E-state index contributed by atoms with van der Waals surface area (Å²) < 4.78 is 14.2. The van der Waals surface area contributed by atoms with Gasteiger partial charge in [-0.25, -0.2) is 4.39 Å². The van der Waals surface area contributed by atoms with E-state index >= 15 is 0 Å². The summed E-state index contributed by atoms with van der Waals surface area (Å²) in [7, 11) is 0. The van der Waals surface area contributed by atoms with Gasteiger partial charge in [0, 0.05) is 0 Å². The molecule has 0 spiro atoms. The van der Waals surface area contributed by atoms with Crippen LogP contribution in [-0.2, 0) is 4.79 Å². The Hall–Kier alpha value is -1.09. The molecule has 2 saturated carbocycles. The predicted molar refractivity (Wildman–Crippen MR) is 78.0 cm³/mol. The fraction of sp³-hybridized carbons (Fsp3) is 0.562. The van der Waals surface area contributed by atoms with Crippen LogP contribution in [0.5, 0.6) is 0 Å². The Morgan fingerprint density at radius 2 is 1.90 bits per heavy atom. The molecule has 2 unspecified atom stereocenters. The second kappa shape index (κ2) is 6.13. The molecule has 0 bridgehead atoms. The fourth-order valence-corrected chi connectivity index (χ4v) is 3.36. The van der Waals surface area contributed by atoms with Gasteiger partial charge in [0.1, 0.15) is 5.82 Å². The van der Waals surface area contributed by atoms with Crippen molar-refractivity contribution in [1.29, 1.82) is 0 Å². The van der Waals surface area contributed by atoms with Gasteiger partial charge in [-0.3, -0.25) is 4.79 Å². The lowest BCUT2D eigenvalue weighted by Crippen LogP contribution is -2.07. The lowest BCUT2D eigenvalue weighted by atomic mass is 9.83. The first-order valence-electron chi connectivity index (χ1n) is 7.19. The zero-order valence-electron chi connectivity index (χ0n) is 11.3. The number of carbonyl (C=O) groups is 1. The van der Waals surface area contributed by atoms with Crippen molar-refractivity contribution >= 4 is 18.4 Å². The molecule has 0 heterocycles. The number of carboxylic acid groups (broad SMARTS) is 1. The average molecular weight is 299 g/mol. The lowest BCUT2D eigenvalue weighted by Gasteiger charge is -2.22. The number of hydrogen-bond acceptors (Lipinski definition) is 1. The maximum atomic E-state index is 14.2. The molecule has 4 heteroatoms. The zero-order valence-corrected chi connectivity index (χ0v) is 12.2. The number of aliphatic carboxylic acids is 1. The van der Waals surface area contributed by atoms with Crippen molar-refractivity contribution in [3.05, 3.63) is 35.1 Å². The first kappa shape index (κ1) is 15.3. The zero-order chi connectivity index (χ0) is 13.4. The van der Waals surface area contributed by atoms with Gasteiger partial charge in [0.2, 0.25) is 0 Å². The van der Waals surface area contributed by atoms with Gasteiger partial charge in [0.25, 0.3) is 0 Å². The topological polar surface area (TPSA) is 37.3 Å². The third-order valence-corrected chi connectivity index (χ3v) is 4.61. The second-order valence-corrected chi connectivity index (χ2v) is 5.90. The van der Waals surface area contributed by atoms with Crippen LogP contribution in [-0.4, -0.2) is 11.1 Å². The Morgan fingerprint density at radius 1 is 1.20 bits per heavy atom. The summed E-state index contributed by atoms with van der Waals surface area (Å²) in [5.74, 6) is -0.827. The second-order valence-electron chi connectivity index (χ2n) is 5.90. The Kier molecular flexibility index (Phi) is 4.69. The maximum Gasteiger partial charge on any atom is 0.307 e. The van der Waals surface area contributed by atoms with Gasteiger partial charge < -0.3 is 5.11 Å². The van der Waals surface area contributed by atoms with Gasteiger partial charge in [-0.1, -0.05) is 31.4 Å². The van der Waals surface area contributed by atoms with Crippen molar-refractivity contribution in [3.8, 4) is 0 Å². The number of rotatable bonds is 3. The summed E-state index contributed by atoms with van der Waals surface area (Å²) in [6.45, 7) is 0. The maximum absolute atomic E-state index is 14.2. The van der Waals surface area contributed by atoms with E-state index in [0.717, 1.165) is 24.0 Å². The smallest absolute Gasteiger partial charge is 0.307 e. The van der Waals surface area contributed by atoms with Crippen LogP contribution in [0.2, 0.25) is 0 Å². The number of carboxylic acids is 1. The molecule has 2 nitrogen and oxygen atoms in total. The van der Waals surface area contributed by atoms with E-state index in [9.17, 15) is 9.18 Å². The summed E-state index contributed by atoms with van der Waals surface area (Å²) in [5.41, 5.74) is 1.68. The Labute approximate surface area is 124 Å². The van der Waals surface area contributed by atoms with E-state index in [1.54, 1.807) is 6.07 Å². The molecular weight excluding hydrogens is 279 g/mol. The van der Waals surface area contributed by atoms with Gasteiger partial charge in [0.15, 0.2) is 0 Å². The number of halogens is 2. The highest BCUT2D eigenvalue weighted by atomic mass is 35.5. The summed E-state index contributed by atoms with van der Waals surface area (Å²) in [5, 5.41) is 8.92. The fourth-order valence-electron chi connectivity index (χ4n) is 3.36. The van der Waals surface area contributed by atoms with Gasteiger partial charge >= 0.3 is 5.97 Å². The van der Waals surface area contributed by atoms with Gasteiger partial charge in [0.05, 0.1) is 5.92 Å². The number of benzene rings is 1. The molecule has 2 atom stereocenters. The van der Waals surface area contributed by atoms with Crippen LogP contribution in [0.25, 0.3) is 0 Å². The van der Waals surface area contributed by atoms with E-state index in [1.165, 1.54) is 19.3 Å². The van der Waals surface area contributed by atoms with Crippen LogP contribution in [0.1, 0.15) is 61.5 Å². The molecule has 1 aromatic rings. The lowest BCUT2D eigenvalue weighted by molar-refractivity contribution is -0.138. The molecule has 0 aromatic heterocycles. The number of hydrogen-bond donors (Lipinski definition) is 1. The minimum Gasteiger partial charge on any atom is -0.481 e. The van der Waals surface area contributed by atoms with E-state index in [-0.39, 0.29) is 30.1 Å². The molecule has 20 heavy (non-hydrogen) atoms. The van der Waals surface area contributed by atoms with Crippen molar-refractivity contribution in [1.82, 2.24) is 0 Å². The molecule has 0 amide bonds.